The van der Waals surface area contributed by atoms with Crippen molar-refractivity contribution in [3.63, 3.8) is 0 Å². The first-order chi connectivity index (χ1) is 14.9. The third-order valence-electron chi connectivity index (χ3n) is 4.48. The van der Waals surface area contributed by atoms with Gasteiger partial charge in [0, 0.05) is 23.0 Å². The molecule has 0 saturated heterocycles. The van der Waals surface area contributed by atoms with E-state index in [-0.39, 0.29) is 17.4 Å². The monoisotopic (exact) mass is 453 g/mol. The molecule has 4 aromatic rings. The minimum atomic E-state index is -3.73. The molecule has 0 atom stereocenters. The fraction of sp³-hybridized carbons (Fsp3) is 0.0909. The SMILES string of the molecule is Cc1cc(S(=O)(=O)Nc2ccccc2)ccc1OCC(=O)Nc1ccc2sncc2c1. The van der Waals surface area contributed by atoms with Crippen molar-refractivity contribution in [2.45, 2.75) is 11.8 Å². The number of benzene rings is 3. The van der Waals surface area contributed by atoms with E-state index in [9.17, 15) is 13.2 Å². The minimum Gasteiger partial charge on any atom is -0.483 e. The molecule has 4 rings (SSSR count). The van der Waals surface area contributed by atoms with Crippen molar-refractivity contribution in [2.24, 2.45) is 0 Å². The van der Waals surface area contributed by atoms with E-state index in [1.54, 1.807) is 43.5 Å². The van der Waals surface area contributed by atoms with E-state index in [4.69, 9.17) is 4.74 Å². The van der Waals surface area contributed by atoms with Gasteiger partial charge in [-0.25, -0.2) is 8.42 Å². The summed E-state index contributed by atoms with van der Waals surface area (Å²) in [4.78, 5) is 12.4. The molecule has 1 aromatic heterocycles. The lowest BCUT2D eigenvalue weighted by atomic mass is 10.2. The number of carbonyl (C=O) groups is 1. The first kappa shape index (κ1) is 20.8. The molecule has 0 aliphatic rings. The Kier molecular flexibility index (Phi) is 5.88. The molecule has 3 aromatic carbocycles. The molecule has 0 bridgehead atoms. The van der Waals surface area contributed by atoms with Crippen molar-refractivity contribution < 1.29 is 17.9 Å². The predicted octanol–water partition coefficient (Wildman–Crippen LogP) is 4.42. The second kappa shape index (κ2) is 8.75. The van der Waals surface area contributed by atoms with Crippen LogP contribution in [0.25, 0.3) is 10.1 Å². The Hall–Kier alpha value is -3.43. The van der Waals surface area contributed by atoms with Gasteiger partial charge in [-0.3, -0.25) is 9.52 Å². The van der Waals surface area contributed by atoms with Crippen LogP contribution in [0.2, 0.25) is 0 Å². The highest BCUT2D eigenvalue weighted by molar-refractivity contribution is 7.92. The summed E-state index contributed by atoms with van der Waals surface area (Å²) in [5.74, 6) is 0.121. The molecular formula is C22H19N3O4S2. The third kappa shape index (κ3) is 5.01. The number of ether oxygens (including phenoxy) is 1. The number of anilines is 2. The maximum Gasteiger partial charge on any atom is 0.262 e. The van der Waals surface area contributed by atoms with Crippen LogP contribution in [0.5, 0.6) is 5.75 Å². The Labute approximate surface area is 183 Å². The van der Waals surface area contributed by atoms with E-state index >= 15 is 0 Å². The molecule has 0 spiro atoms. The highest BCUT2D eigenvalue weighted by Gasteiger charge is 2.16. The molecule has 7 nitrogen and oxygen atoms in total. The fourth-order valence-electron chi connectivity index (χ4n) is 2.96. The van der Waals surface area contributed by atoms with E-state index in [1.165, 1.54) is 23.7 Å². The summed E-state index contributed by atoms with van der Waals surface area (Å²) in [6.45, 7) is 1.53. The van der Waals surface area contributed by atoms with Gasteiger partial charge >= 0.3 is 0 Å². The van der Waals surface area contributed by atoms with Crippen molar-refractivity contribution in [2.75, 3.05) is 16.6 Å². The van der Waals surface area contributed by atoms with Gasteiger partial charge in [-0.2, -0.15) is 4.37 Å². The lowest BCUT2D eigenvalue weighted by Gasteiger charge is -2.12. The van der Waals surface area contributed by atoms with Crippen LogP contribution in [0.15, 0.2) is 77.8 Å². The zero-order chi connectivity index (χ0) is 21.8. The van der Waals surface area contributed by atoms with E-state index in [2.05, 4.69) is 14.4 Å². The number of sulfonamides is 1. The number of fused-ring (bicyclic) bond motifs is 1. The Morgan fingerprint density at radius 3 is 2.61 bits per heavy atom. The van der Waals surface area contributed by atoms with Gasteiger partial charge in [0.25, 0.3) is 15.9 Å². The molecule has 0 radical (unpaired) electrons. The van der Waals surface area contributed by atoms with Crippen LogP contribution in [0.1, 0.15) is 5.56 Å². The largest absolute Gasteiger partial charge is 0.483 e. The summed E-state index contributed by atoms with van der Waals surface area (Å²) >= 11 is 1.39. The average Bonchev–Trinajstić information content (AvgIpc) is 3.21. The van der Waals surface area contributed by atoms with Crippen molar-refractivity contribution in [3.05, 3.63) is 78.5 Å². The molecule has 2 N–H and O–H groups in total. The lowest BCUT2D eigenvalue weighted by Crippen LogP contribution is -2.20. The standard InChI is InChI=1S/C22H19N3O4S2/c1-15-11-19(31(27,28)25-17-5-3-2-4-6-17)8-9-20(15)29-14-22(26)24-18-7-10-21-16(12-18)13-23-30-21/h2-13,25H,14H2,1H3,(H,24,26). The number of para-hydroxylation sites is 1. The number of carbonyl (C=O) groups excluding carboxylic acids is 1. The highest BCUT2D eigenvalue weighted by atomic mass is 32.2. The number of nitrogens with zero attached hydrogens (tertiary/aromatic N) is 1. The van der Waals surface area contributed by atoms with Gasteiger partial charge in [0.2, 0.25) is 0 Å². The number of aryl methyl sites for hydroxylation is 1. The Bertz CT molecular complexity index is 1340. The van der Waals surface area contributed by atoms with E-state index in [1.807, 2.05) is 24.3 Å². The minimum absolute atomic E-state index is 0.114. The number of rotatable bonds is 7. The zero-order valence-corrected chi connectivity index (χ0v) is 18.2. The summed E-state index contributed by atoms with van der Waals surface area (Å²) in [6.07, 6.45) is 1.75. The summed E-state index contributed by atoms with van der Waals surface area (Å²) in [6, 6.07) is 18.7. The summed E-state index contributed by atoms with van der Waals surface area (Å²) in [7, 11) is -3.73. The second-order valence-corrected chi connectivity index (χ2v) is 9.33. The van der Waals surface area contributed by atoms with Gasteiger partial charge in [-0.05, 0) is 72.6 Å². The van der Waals surface area contributed by atoms with Gasteiger partial charge in [0.05, 0.1) is 9.60 Å². The van der Waals surface area contributed by atoms with Crippen molar-refractivity contribution >= 4 is 48.9 Å². The van der Waals surface area contributed by atoms with Gasteiger partial charge in [0.1, 0.15) is 5.75 Å². The number of hydrogen-bond donors (Lipinski definition) is 2. The quantitative estimate of drug-likeness (QED) is 0.432. The molecule has 0 fully saturated rings. The molecule has 158 valence electrons. The second-order valence-electron chi connectivity index (χ2n) is 6.81. The summed E-state index contributed by atoms with van der Waals surface area (Å²) in [5, 5.41) is 3.74. The van der Waals surface area contributed by atoms with E-state index in [0.717, 1.165) is 10.1 Å². The Morgan fingerprint density at radius 2 is 1.84 bits per heavy atom. The third-order valence-corrected chi connectivity index (χ3v) is 6.64. The van der Waals surface area contributed by atoms with Gasteiger partial charge in [0.15, 0.2) is 6.61 Å². The first-order valence-electron chi connectivity index (χ1n) is 9.36. The molecule has 9 heteroatoms. The predicted molar refractivity (Wildman–Crippen MR) is 122 cm³/mol. The first-order valence-corrected chi connectivity index (χ1v) is 11.6. The molecular weight excluding hydrogens is 434 g/mol. The summed E-state index contributed by atoms with van der Waals surface area (Å²) < 4.78 is 38.5. The fourth-order valence-corrected chi connectivity index (χ4v) is 4.73. The molecule has 0 saturated carbocycles. The van der Waals surface area contributed by atoms with Crippen LogP contribution in [-0.2, 0) is 14.8 Å². The van der Waals surface area contributed by atoms with Crippen LogP contribution in [0.4, 0.5) is 11.4 Å². The van der Waals surface area contributed by atoms with Crippen molar-refractivity contribution in [1.29, 1.82) is 0 Å². The van der Waals surface area contributed by atoms with E-state index < -0.39 is 10.0 Å². The maximum atomic E-state index is 12.6. The number of aromatic nitrogens is 1. The molecule has 31 heavy (non-hydrogen) atoms. The Balaban J connectivity index is 1.39. The molecule has 1 heterocycles. The normalized spacial score (nSPS) is 11.3. The number of amides is 1. The van der Waals surface area contributed by atoms with Crippen LogP contribution >= 0.6 is 11.5 Å². The van der Waals surface area contributed by atoms with Crippen LogP contribution < -0.4 is 14.8 Å². The topological polar surface area (TPSA) is 97.4 Å². The van der Waals surface area contributed by atoms with Crippen molar-refractivity contribution in [3.8, 4) is 5.75 Å². The van der Waals surface area contributed by atoms with Gasteiger partial charge < -0.3 is 10.1 Å². The van der Waals surface area contributed by atoms with Crippen LogP contribution in [0.3, 0.4) is 0 Å². The Morgan fingerprint density at radius 1 is 1.03 bits per heavy atom. The highest BCUT2D eigenvalue weighted by Crippen LogP contribution is 2.24. The molecule has 0 unspecified atom stereocenters. The molecule has 0 aliphatic heterocycles. The number of hydrogen-bond acceptors (Lipinski definition) is 6. The zero-order valence-electron chi connectivity index (χ0n) is 16.5. The van der Waals surface area contributed by atoms with Gasteiger partial charge in [-0.15, -0.1) is 0 Å². The van der Waals surface area contributed by atoms with Crippen molar-refractivity contribution in [1.82, 2.24) is 4.37 Å². The molecule has 0 aliphatic carbocycles. The summed E-state index contributed by atoms with van der Waals surface area (Å²) in [5.41, 5.74) is 1.74. The number of nitrogens with one attached hydrogen (secondary N) is 2. The lowest BCUT2D eigenvalue weighted by molar-refractivity contribution is -0.118. The molecule has 1 amide bonds. The average molecular weight is 454 g/mol. The van der Waals surface area contributed by atoms with E-state index in [0.29, 0.717) is 22.7 Å². The van der Waals surface area contributed by atoms with Crippen LogP contribution in [-0.4, -0.2) is 25.3 Å². The maximum absolute atomic E-state index is 12.6. The van der Waals surface area contributed by atoms with Gasteiger partial charge in [-0.1, -0.05) is 18.2 Å². The smallest absolute Gasteiger partial charge is 0.262 e. The van der Waals surface area contributed by atoms with Crippen LogP contribution in [0, 0.1) is 6.92 Å².